The molecule has 18 heavy (non-hydrogen) atoms. The number of carbonyl (C=O) groups excluding carboxylic acids is 1. The van der Waals surface area contributed by atoms with E-state index in [1.54, 1.807) is 12.1 Å². The number of aryl methyl sites for hydroxylation is 1. The van der Waals surface area contributed by atoms with Gasteiger partial charge in [0.25, 0.3) is 5.91 Å². The van der Waals surface area contributed by atoms with Crippen LogP contribution in [0.4, 0.5) is 5.69 Å². The van der Waals surface area contributed by atoms with Crippen molar-refractivity contribution in [3.63, 3.8) is 0 Å². The third kappa shape index (κ3) is 3.32. The number of amides is 1. The molecular weight excluding hydrogens is 405 g/mol. The molecule has 0 saturated carbocycles. The summed E-state index contributed by atoms with van der Waals surface area (Å²) in [5.41, 5.74) is 2.55. The van der Waals surface area contributed by atoms with Gasteiger partial charge >= 0.3 is 0 Å². The Morgan fingerprint density at radius 1 is 1.22 bits per heavy atom. The van der Waals surface area contributed by atoms with E-state index >= 15 is 0 Å². The van der Waals surface area contributed by atoms with E-state index in [-0.39, 0.29) is 5.91 Å². The molecule has 2 nitrogen and oxygen atoms in total. The monoisotopic (exact) mass is 415 g/mol. The van der Waals surface area contributed by atoms with Crippen LogP contribution in [0.2, 0.25) is 0 Å². The predicted molar refractivity (Wildman–Crippen MR) is 86.0 cm³/mol. The summed E-state index contributed by atoms with van der Waals surface area (Å²) in [7, 11) is 0. The number of carbonyl (C=O) groups is 1. The lowest BCUT2D eigenvalue weighted by Crippen LogP contribution is -2.12. The fourth-order valence-corrected chi connectivity index (χ4v) is 2.64. The van der Waals surface area contributed by atoms with Crippen LogP contribution in [0, 0.1) is 10.5 Å². The summed E-state index contributed by atoms with van der Waals surface area (Å²) in [6.45, 7) is 1.98. The minimum absolute atomic E-state index is 0.0967. The number of anilines is 1. The lowest BCUT2D eigenvalue weighted by atomic mass is 10.1. The SMILES string of the molecule is Cc1cc(I)ccc1NC(=O)c1cccc(Br)c1. The summed E-state index contributed by atoms with van der Waals surface area (Å²) in [5, 5.41) is 2.92. The highest BCUT2D eigenvalue weighted by Gasteiger charge is 2.07. The third-order valence-electron chi connectivity index (χ3n) is 2.52. The van der Waals surface area contributed by atoms with Gasteiger partial charge in [0.2, 0.25) is 0 Å². The van der Waals surface area contributed by atoms with Crippen LogP contribution in [0.5, 0.6) is 0 Å². The van der Waals surface area contributed by atoms with Crippen LogP contribution in [-0.4, -0.2) is 5.91 Å². The van der Waals surface area contributed by atoms with E-state index in [0.29, 0.717) is 5.56 Å². The zero-order valence-electron chi connectivity index (χ0n) is 9.71. The molecule has 0 aliphatic rings. The lowest BCUT2D eigenvalue weighted by molar-refractivity contribution is 0.102. The summed E-state index contributed by atoms with van der Waals surface area (Å²) >= 11 is 5.61. The number of rotatable bonds is 2. The number of halogens is 2. The topological polar surface area (TPSA) is 29.1 Å². The van der Waals surface area contributed by atoms with Crippen LogP contribution < -0.4 is 5.32 Å². The smallest absolute Gasteiger partial charge is 0.255 e. The second-order valence-corrected chi connectivity index (χ2v) is 6.09. The molecule has 2 aromatic carbocycles. The Balaban J connectivity index is 2.21. The molecule has 1 N–H and O–H groups in total. The largest absolute Gasteiger partial charge is 0.322 e. The van der Waals surface area contributed by atoms with Crippen molar-refractivity contribution in [1.82, 2.24) is 0 Å². The Labute approximate surface area is 128 Å². The molecule has 92 valence electrons. The van der Waals surface area contributed by atoms with E-state index in [2.05, 4.69) is 43.8 Å². The Hall–Kier alpha value is -0.880. The maximum Gasteiger partial charge on any atom is 0.255 e. The quantitative estimate of drug-likeness (QED) is 0.712. The molecule has 0 fully saturated rings. The fraction of sp³-hybridized carbons (Fsp3) is 0.0714. The molecular formula is C14H11BrINO. The van der Waals surface area contributed by atoms with Crippen molar-refractivity contribution in [3.8, 4) is 0 Å². The second kappa shape index (κ2) is 5.84. The van der Waals surface area contributed by atoms with Gasteiger partial charge < -0.3 is 5.32 Å². The molecule has 0 aliphatic carbocycles. The number of benzene rings is 2. The average Bonchev–Trinajstić information content (AvgIpc) is 2.32. The van der Waals surface area contributed by atoms with Gasteiger partial charge in [-0.1, -0.05) is 22.0 Å². The summed E-state index contributed by atoms with van der Waals surface area (Å²) in [4.78, 5) is 12.1. The molecule has 0 aromatic heterocycles. The van der Waals surface area contributed by atoms with Gasteiger partial charge in [-0.2, -0.15) is 0 Å². The first-order valence-corrected chi connectivity index (χ1v) is 7.26. The molecule has 2 aromatic rings. The van der Waals surface area contributed by atoms with Crippen molar-refractivity contribution in [2.45, 2.75) is 6.92 Å². The van der Waals surface area contributed by atoms with Gasteiger partial charge in [0.15, 0.2) is 0 Å². The predicted octanol–water partition coefficient (Wildman–Crippen LogP) is 4.61. The lowest BCUT2D eigenvalue weighted by Gasteiger charge is -2.09. The molecule has 0 radical (unpaired) electrons. The summed E-state index contributed by atoms with van der Waals surface area (Å²) in [6.07, 6.45) is 0. The molecule has 2 rings (SSSR count). The van der Waals surface area contributed by atoms with E-state index in [9.17, 15) is 4.79 Å². The first kappa shape index (κ1) is 13.5. The molecule has 0 aliphatic heterocycles. The average molecular weight is 416 g/mol. The molecule has 0 atom stereocenters. The van der Waals surface area contributed by atoms with Crippen molar-refractivity contribution < 1.29 is 4.79 Å². The van der Waals surface area contributed by atoms with Gasteiger partial charge in [0.1, 0.15) is 0 Å². The molecule has 1 amide bonds. The first-order valence-electron chi connectivity index (χ1n) is 5.39. The molecule has 0 heterocycles. The number of hydrogen-bond acceptors (Lipinski definition) is 1. The van der Waals surface area contributed by atoms with Crippen molar-refractivity contribution in [2.24, 2.45) is 0 Å². The standard InChI is InChI=1S/C14H11BrINO/c1-9-7-12(16)5-6-13(9)17-14(18)10-3-2-4-11(15)8-10/h2-8H,1H3,(H,17,18). The summed E-state index contributed by atoms with van der Waals surface area (Å²) in [6, 6.07) is 13.3. The summed E-state index contributed by atoms with van der Waals surface area (Å²) < 4.78 is 2.06. The van der Waals surface area contributed by atoms with Crippen LogP contribution in [0.25, 0.3) is 0 Å². The molecule has 0 saturated heterocycles. The highest BCUT2D eigenvalue weighted by atomic mass is 127. The van der Waals surface area contributed by atoms with Gasteiger partial charge in [0.05, 0.1) is 0 Å². The van der Waals surface area contributed by atoms with Crippen molar-refractivity contribution in [1.29, 1.82) is 0 Å². The minimum Gasteiger partial charge on any atom is -0.322 e. The Morgan fingerprint density at radius 2 is 2.00 bits per heavy atom. The van der Waals surface area contributed by atoms with Crippen LogP contribution in [0.3, 0.4) is 0 Å². The van der Waals surface area contributed by atoms with Gasteiger partial charge in [-0.3, -0.25) is 4.79 Å². The molecule has 0 unspecified atom stereocenters. The Kier molecular flexibility index (Phi) is 4.40. The van der Waals surface area contributed by atoms with E-state index < -0.39 is 0 Å². The van der Waals surface area contributed by atoms with Crippen LogP contribution >= 0.6 is 38.5 Å². The number of hydrogen-bond donors (Lipinski definition) is 1. The van der Waals surface area contributed by atoms with Crippen LogP contribution in [-0.2, 0) is 0 Å². The maximum atomic E-state index is 12.1. The maximum absolute atomic E-state index is 12.1. The van der Waals surface area contributed by atoms with Gasteiger partial charge in [-0.15, -0.1) is 0 Å². The van der Waals surface area contributed by atoms with Gasteiger partial charge in [-0.05, 0) is 71.5 Å². The fourth-order valence-electron chi connectivity index (χ4n) is 1.59. The Bertz CT molecular complexity index is 598. The minimum atomic E-state index is -0.0967. The van der Waals surface area contributed by atoms with Crippen molar-refractivity contribution in [3.05, 3.63) is 61.6 Å². The van der Waals surface area contributed by atoms with Gasteiger partial charge in [-0.25, -0.2) is 0 Å². The first-order chi connectivity index (χ1) is 8.56. The second-order valence-electron chi connectivity index (χ2n) is 3.92. The molecule has 0 bridgehead atoms. The zero-order valence-corrected chi connectivity index (χ0v) is 13.4. The van der Waals surface area contributed by atoms with E-state index in [4.69, 9.17) is 0 Å². The number of nitrogens with one attached hydrogen (secondary N) is 1. The zero-order chi connectivity index (χ0) is 13.1. The van der Waals surface area contributed by atoms with E-state index in [0.717, 1.165) is 19.3 Å². The van der Waals surface area contributed by atoms with Crippen LogP contribution in [0.1, 0.15) is 15.9 Å². The highest BCUT2D eigenvalue weighted by Crippen LogP contribution is 2.19. The van der Waals surface area contributed by atoms with Crippen LogP contribution in [0.15, 0.2) is 46.9 Å². The van der Waals surface area contributed by atoms with Gasteiger partial charge in [0, 0.05) is 19.3 Å². The normalized spacial score (nSPS) is 10.2. The molecule has 0 spiro atoms. The Morgan fingerprint density at radius 3 is 2.67 bits per heavy atom. The van der Waals surface area contributed by atoms with E-state index in [1.165, 1.54) is 0 Å². The third-order valence-corrected chi connectivity index (χ3v) is 3.69. The van der Waals surface area contributed by atoms with E-state index in [1.807, 2.05) is 37.3 Å². The highest BCUT2D eigenvalue weighted by molar-refractivity contribution is 14.1. The van der Waals surface area contributed by atoms with Crippen molar-refractivity contribution >= 4 is 50.1 Å². The van der Waals surface area contributed by atoms with Crippen molar-refractivity contribution in [2.75, 3.05) is 5.32 Å². The molecule has 4 heteroatoms. The summed E-state index contributed by atoms with van der Waals surface area (Å²) in [5.74, 6) is -0.0967.